The van der Waals surface area contributed by atoms with Gasteiger partial charge in [-0.15, -0.1) is 9.35 Å². The van der Waals surface area contributed by atoms with E-state index < -0.39 is 50.0 Å². The van der Waals surface area contributed by atoms with Crippen LogP contribution in [0.25, 0.3) is 0 Å². The zero-order valence-corrected chi connectivity index (χ0v) is 16.3. The van der Waals surface area contributed by atoms with Gasteiger partial charge in [-0.25, -0.2) is 14.3 Å². The fraction of sp³-hybridized carbons (Fsp3) is 1.00. The Hall–Kier alpha value is 1.60. The van der Waals surface area contributed by atoms with Crippen LogP contribution in [0.15, 0.2) is 0 Å². The first-order valence-electron chi connectivity index (χ1n) is 4.03. The molecule has 0 aromatic heterocycles. The lowest BCUT2D eigenvalue weighted by molar-refractivity contribution is -1.63. The Morgan fingerprint density at radius 1 is 0.950 bits per heavy atom. The van der Waals surface area contributed by atoms with Gasteiger partial charge in [-0.3, -0.25) is 4.89 Å². The molecular weight excluding hydrogens is 557 g/mol. The second-order valence-corrected chi connectivity index (χ2v) is 5.36. The van der Waals surface area contributed by atoms with Crippen LogP contribution in [0.3, 0.4) is 0 Å². The van der Waals surface area contributed by atoms with Gasteiger partial charge in [-0.1, -0.05) is 0 Å². The van der Waals surface area contributed by atoms with Crippen LogP contribution in [-0.2, 0) is 23.7 Å². The van der Waals surface area contributed by atoms with Gasteiger partial charge in [0.15, 0.2) is 0 Å². The van der Waals surface area contributed by atoms with Crippen LogP contribution in [0, 0.1) is 0 Å². The molecule has 20 heavy (non-hydrogen) atoms. The van der Waals surface area contributed by atoms with Crippen LogP contribution in [0.4, 0.5) is 0 Å². The van der Waals surface area contributed by atoms with Crippen molar-refractivity contribution in [2.75, 3.05) is 13.2 Å². The molecule has 0 rings (SSSR count). The van der Waals surface area contributed by atoms with E-state index in [0.29, 0.717) is 0 Å². The summed E-state index contributed by atoms with van der Waals surface area (Å²) in [5.74, 6) is 0. The number of hydrogen-bond acceptors (Lipinski definition) is 11. The first-order chi connectivity index (χ1) is 8.59. The molecule has 0 saturated heterocycles. The third-order valence-corrected chi connectivity index (χ3v) is 1.12. The highest BCUT2D eigenvalue weighted by Crippen LogP contribution is 2.43. The predicted molar refractivity (Wildman–Crippen MR) is 50.1 cm³/mol. The molecule has 0 bridgehead atoms. The second kappa shape index (κ2) is 20.6. The number of phosphoric acid groups is 1. The molecule has 0 atom stereocenters. The molecule has 0 aromatic rings. The maximum Gasteiger partial charge on any atom is 0.526 e. The zero-order chi connectivity index (χ0) is 15.9. The van der Waals surface area contributed by atoms with Crippen LogP contribution >= 0.6 is 21.3 Å². The maximum absolute atomic E-state index is 10.6. The standard InChI is InChI=1S/C4H11O6P.2HIO3.H2S/c1-3-7-9-11(5,6)10-8-4-2;2*2-1(3)4;/h3-4H2,1-2H3,(H,5,6);2*2H;1H2. The van der Waals surface area contributed by atoms with Crippen LogP contribution in [-0.4, -0.2) is 25.0 Å². The lowest BCUT2D eigenvalue weighted by Crippen LogP contribution is -3.98. The van der Waals surface area contributed by atoms with E-state index in [4.69, 9.17) is 25.5 Å². The molecule has 3 N–H and O–H groups in total. The molecule has 0 aliphatic carbocycles. The molecule has 0 heterocycles. The number of rotatable bonds is 6. The van der Waals surface area contributed by atoms with E-state index in [1.54, 1.807) is 13.8 Å². The molecule has 0 radical (unpaired) electrons. The summed E-state index contributed by atoms with van der Waals surface area (Å²) in [7, 11) is -4.17. The fourth-order valence-corrected chi connectivity index (χ4v) is 0.753. The van der Waals surface area contributed by atoms with Crippen molar-refractivity contribution in [2.24, 2.45) is 0 Å². The Kier molecular flexibility index (Phi) is 30.5. The van der Waals surface area contributed by atoms with Gasteiger partial charge >= 0.3 is 50.0 Å². The van der Waals surface area contributed by atoms with Gasteiger partial charge in [0, 0.05) is 0 Å². The van der Waals surface area contributed by atoms with Gasteiger partial charge < -0.3 is 13.7 Å². The molecule has 0 spiro atoms. The van der Waals surface area contributed by atoms with E-state index in [0.717, 1.165) is 0 Å². The lowest BCUT2D eigenvalue weighted by Gasteiger charge is -2.07. The third kappa shape index (κ3) is 50.4. The average Bonchev–Trinajstić information content (AvgIpc) is 2.22. The number of hydrogen-bond donors (Lipinski definition) is 3. The van der Waals surface area contributed by atoms with E-state index in [1.807, 2.05) is 0 Å². The van der Waals surface area contributed by atoms with Crippen LogP contribution < -0.4 is 55.9 Å². The van der Waals surface area contributed by atoms with E-state index in [9.17, 15) is 4.57 Å². The van der Waals surface area contributed by atoms with E-state index in [1.165, 1.54) is 0 Å². The molecule has 0 aliphatic rings. The second-order valence-electron chi connectivity index (χ2n) is 1.83. The summed E-state index contributed by atoms with van der Waals surface area (Å²) >= 11 is -7.53. The van der Waals surface area contributed by atoms with Crippen molar-refractivity contribution < 1.29 is 91.3 Å². The van der Waals surface area contributed by atoms with Gasteiger partial charge in [0.2, 0.25) is 0 Å². The lowest BCUT2D eigenvalue weighted by atomic mass is 10.9. The summed E-state index contributed by atoms with van der Waals surface area (Å²) in [6.07, 6.45) is 0. The largest absolute Gasteiger partial charge is 0.526 e. The Bertz CT molecular complexity index is 196. The van der Waals surface area contributed by atoms with Gasteiger partial charge in [0.05, 0.1) is 13.2 Å². The Balaban J connectivity index is -0.000000119. The number of halogens is 2. The Morgan fingerprint density at radius 2 is 1.15 bits per heavy atom. The van der Waals surface area contributed by atoms with Gasteiger partial charge in [-0.2, -0.15) is 13.5 Å². The minimum absolute atomic E-state index is 0. The van der Waals surface area contributed by atoms with Crippen molar-refractivity contribution in [1.82, 2.24) is 0 Å². The molecular formula is C4H15I2O12PS. The van der Waals surface area contributed by atoms with Crippen molar-refractivity contribution in [3.63, 3.8) is 0 Å². The molecule has 0 amide bonds. The van der Waals surface area contributed by atoms with Crippen molar-refractivity contribution in [3.05, 3.63) is 0 Å². The van der Waals surface area contributed by atoms with Crippen molar-refractivity contribution in [1.29, 1.82) is 0 Å². The maximum atomic E-state index is 10.6. The summed E-state index contributed by atoms with van der Waals surface area (Å²) in [6, 6.07) is 0. The molecule has 128 valence electrons. The van der Waals surface area contributed by atoms with E-state index in [2.05, 4.69) is 19.1 Å². The summed E-state index contributed by atoms with van der Waals surface area (Å²) in [6.45, 7) is 3.50. The van der Waals surface area contributed by atoms with Crippen molar-refractivity contribution >= 4 is 21.3 Å². The topological polar surface area (TPSA) is 207 Å². The molecule has 0 saturated carbocycles. The smallest absolute Gasteiger partial charge is 0.396 e. The van der Waals surface area contributed by atoms with Crippen LogP contribution in [0.2, 0.25) is 0 Å². The highest BCUT2D eigenvalue weighted by molar-refractivity contribution is 7.59. The zero-order valence-electron chi connectivity index (χ0n) is 10.1. The first kappa shape index (κ1) is 29.6. The van der Waals surface area contributed by atoms with Crippen LogP contribution in [0.5, 0.6) is 0 Å². The van der Waals surface area contributed by atoms with Crippen molar-refractivity contribution in [3.8, 4) is 0 Å². The van der Waals surface area contributed by atoms with Crippen LogP contribution in [0.1, 0.15) is 13.8 Å². The summed E-state index contributed by atoms with van der Waals surface area (Å²) in [5, 5.41) is 0. The minimum atomic E-state index is -4.17. The molecule has 0 aromatic carbocycles. The molecule has 0 fully saturated rings. The van der Waals surface area contributed by atoms with Gasteiger partial charge in [-0.05, 0) is 20.7 Å². The monoisotopic (exact) mass is 572 g/mol. The third-order valence-electron chi connectivity index (χ3n) is 0.529. The van der Waals surface area contributed by atoms with Crippen molar-refractivity contribution in [2.45, 2.75) is 13.8 Å². The highest BCUT2D eigenvalue weighted by atomic mass is 127. The van der Waals surface area contributed by atoms with Gasteiger partial charge in [0.25, 0.3) is 0 Å². The highest BCUT2D eigenvalue weighted by Gasteiger charge is 2.23. The Labute approximate surface area is 139 Å². The first-order valence-corrected chi connectivity index (χ1v) is 11.0. The SMILES string of the molecule is CCOOP(=O)(O)OOCC.S.[O-][I+2]([O-])O.[O-][I+2]([O-])O. The quantitative estimate of drug-likeness (QED) is 0.117. The van der Waals surface area contributed by atoms with E-state index in [-0.39, 0.29) is 26.7 Å². The predicted octanol–water partition coefficient (Wildman–Crippen LogP) is -10.7. The normalized spacial score (nSPS) is 10.2. The molecule has 16 heteroatoms. The fourth-order valence-electron chi connectivity index (χ4n) is 0.251. The summed E-state index contributed by atoms with van der Waals surface area (Å²) in [4.78, 5) is 17.0. The molecule has 0 unspecified atom stereocenters. The van der Waals surface area contributed by atoms with E-state index >= 15 is 0 Å². The Morgan fingerprint density at radius 3 is 1.30 bits per heavy atom. The summed E-state index contributed by atoms with van der Waals surface area (Å²) in [5.41, 5.74) is 0. The average molecular weight is 572 g/mol. The summed E-state index contributed by atoms with van der Waals surface area (Å²) < 4.78 is 67.4. The molecule has 0 aliphatic heterocycles. The van der Waals surface area contributed by atoms with Gasteiger partial charge in [0.1, 0.15) is 0 Å². The minimum Gasteiger partial charge on any atom is -0.396 e. The molecule has 12 nitrogen and oxygen atoms in total.